The highest BCUT2D eigenvalue weighted by Crippen LogP contribution is 2.33. The molecule has 1 heterocycles. The Balaban J connectivity index is 2.30. The van der Waals surface area contributed by atoms with E-state index in [0.717, 1.165) is 19.6 Å². The fraction of sp³-hybridized carbons (Fsp3) is 1.00. The van der Waals surface area contributed by atoms with Gasteiger partial charge in [-0.3, -0.25) is 0 Å². The molecule has 1 fully saturated rings. The van der Waals surface area contributed by atoms with Crippen molar-refractivity contribution in [3.05, 3.63) is 0 Å². The molecule has 0 atom stereocenters. The van der Waals surface area contributed by atoms with Gasteiger partial charge >= 0.3 is 0 Å². The van der Waals surface area contributed by atoms with E-state index in [1.165, 1.54) is 38.9 Å². The monoisotopic (exact) mass is 228 g/mol. The topological polar surface area (TPSA) is 24.5 Å². The minimum atomic E-state index is 0.563. The summed E-state index contributed by atoms with van der Waals surface area (Å²) in [4.78, 5) is 2.48. The Morgan fingerprint density at radius 2 is 2.00 bits per heavy atom. The molecule has 16 heavy (non-hydrogen) atoms. The molecule has 0 saturated carbocycles. The lowest BCUT2D eigenvalue weighted by Crippen LogP contribution is -2.43. The van der Waals surface area contributed by atoms with Crippen molar-refractivity contribution in [3.8, 4) is 0 Å². The van der Waals surface area contributed by atoms with Gasteiger partial charge in [0.25, 0.3) is 0 Å². The molecule has 1 N–H and O–H groups in total. The number of nitrogens with one attached hydrogen (secondary N) is 1. The zero-order chi connectivity index (χ0) is 11.9. The number of nitrogens with zero attached hydrogens (tertiary/aromatic N) is 1. The van der Waals surface area contributed by atoms with Crippen LogP contribution in [0.1, 0.15) is 32.6 Å². The summed E-state index contributed by atoms with van der Waals surface area (Å²) in [6.07, 6.45) is 5.12. The average molecular weight is 228 g/mol. The Morgan fingerprint density at radius 1 is 1.31 bits per heavy atom. The highest BCUT2D eigenvalue weighted by atomic mass is 16.5. The molecular formula is C13H28N2O. The van der Waals surface area contributed by atoms with E-state index in [9.17, 15) is 0 Å². The van der Waals surface area contributed by atoms with Gasteiger partial charge < -0.3 is 15.0 Å². The van der Waals surface area contributed by atoms with Crippen LogP contribution in [0.4, 0.5) is 0 Å². The maximum atomic E-state index is 5.10. The largest absolute Gasteiger partial charge is 0.385 e. The molecule has 96 valence electrons. The number of piperidine rings is 1. The fourth-order valence-corrected chi connectivity index (χ4v) is 2.71. The van der Waals surface area contributed by atoms with Gasteiger partial charge in [0, 0.05) is 26.8 Å². The Morgan fingerprint density at radius 3 is 2.56 bits per heavy atom. The van der Waals surface area contributed by atoms with Gasteiger partial charge in [-0.2, -0.15) is 0 Å². The van der Waals surface area contributed by atoms with Crippen LogP contribution in [0.25, 0.3) is 0 Å². The SMILES string of the molecule is CCC1(CN(C)CCCOC)CCNCC1. The maximum absolute atomic E-state index is 5.10. The van der Waals surface area contributed by atoms with Crippen LogP contribution in [-0.4, -0.2) is 51.8 Å². The number of hydrogen-bond donors (Lipinski definition) is 1. The molecule has 3 heteroatoms. The molecule has 1 saturated heterocycles. The van der Waals surface area contributed by atoms with Gasteiger partial charge in [0.05, 0.1) is 0 Å². The summed E-state index contributed by atoms with van der Waals surface area (Å²) in [6.45, 7) is 8.01. The summed E-state index contributed by atoms with van der Waals surface area (Å²) < 4.78 is 5.10. The normalized spacial score (nSPS) is 20.2. The molecule has 0 spiro atoms. The van der Waals surface area contributed by atoms with Crippen molar-refractivity contribution in [2.75, 3.05) is 46.9 Å². The second-order valence-corrected chi connectivity index (χ2v) is 5.19. The van der Waals surface area contributed by atoms with Crippen LogP contribution < -0.4 is 5.32 Å². The van der Waals surface area contributed by atoms with Gasteiger partial charge in [0.1, 0.15) is 0 Å². The molecule has 3 nitrogen and oxygen atoms in total. The van der Waals surface area contributed by atoms with Crippen molar-refractivity contribution < 1.29 is 4.74 Å². The summed E-state index contributed by atoms with van der Waals surface area (Å²) in [6, 6.07) is 0. The molecule has 0 radical (unpaired) electrons. The molecule has 0 aromatic heterocycles. The molecule has 0 aromatic rings. The first kappa shape index (κ1) is 13.9. The molecule has 1 aliphatic rings. The molecule has 1 rings (SSSR count). The number of methoxy groups -OCH3 is 1. The summed E-state index contributed by atoms with van der Waals surface area (Å²) in [5, 5.41) is 3.46. The molecular weight excluding hydrogens is 200 g/mol. The Hall–Kier alpha value is -0.120. The third-order valence-corrected chi connectivity index (χ3v) is 3.91. The van der Waals surface area contributed by atoms with E-state index in [-0.39, 0.29) is 0 Å². The summed E-state index contributed by atoms with van der Waals surface area (Å²) in [5.41, 5.74) is 0.563. The van der Waals surface area contributed by atoms with E-state index in [1.807, 2.05) is 0 Å². The van der Waals surface area contributed by atoms with E-state index in [1.54, 1.807) is 7.11 Å². The van der Waals surface area contributed by atoms with Gasteiger partial charge in [-0.05, 0) is 51.2 Å². The third kappa shape index (κ3) is 4.40. The van der Waals surface area contributed by atoms with E-state index < -0.39 is 0 Å². The van der Waals surface area contributed by atoms with Crippen molar-refractivity contribution in [3.63, 3.8) is 0 Å². The summed E-state index contributed by atoms with van der Waals surface area (Å²) in [7, 11) is 4.02. The average Bonchev–Trinajstić information content (AvgIpc) is 2.30. The van der Waals surface area contributed by atoms with Gasteiger partial charge in [-0.1, -0.05) is 6.92 Å². The van der Waals surface area contributed by atoms with E-state index in [4.69, 9.17) is 4.74 Å². The molecule has 1 aliphatic heterocycles. The minimum Gasteiger partial charge on any atom is -0.385 e. The van der Waals surface area contributed by atoms with E-state index in [2.05, 4.69) is 24.2 Å². The smallest absolute Gasteiger partial charge is 0.0474 e. The zero-order valence-electron chi connectivity index (χ0n) is 11.2. The molecule has 0 unspecified atom stereocenters. The van der Waals surface area contributed by atoms with Crippen LogP contribution in [-0.2, 0) is 4.74 Å². The number of rotatable bonds is 7. The van der Waals surface area contributed by atoms with Crippen molar-refractivity contribution in [2.24, 2.45) is 5.41 Å². The zero-order valence-corrected chi connectivity index (χ0v) is 11.2. The van der Waals surface area contributed by atoms with E-state index >= 15 is 0 Å². The first-order chi connectivity index (χ1) is 7.72. The number of hydrogen-bond acceptors (Lipinski definition) is 3. The van der Waals surface area contributed by atoms with Gasteiger partial charge in [0.15, 0.2) is 0 Å². The predicted molar refractivity (Wildman–Crippen MR) is 68.8 cm³/mol. The standard InChI is InChI=1S/C13H28N2O/c1-4-13(6-8-14-9-7-13)12-15(2)10-5-11-16-3/h14H,4-12H2,1-3H3. The molecule has 0 amide bonds. The van der Waals surface area contributed by atoms with Gasteiger partial charge in [0.2, 0.25) is 0 Å². The van der Waals surface area contributed by atoms with E-state index in [0.29, 0.717) is 5.41 Å². The van der Waals surface area contributed by atoms with Crippen LogP contribution in [0.5, 0.6) is 0 Å². The Labute approximate surface area is 101 Å². The van der Waals surface area contributed by atoms with Crippen molar-refractivity contribution >= 4 is 0 Å². The van der Waals surface area contributed by atoms with Crippen LogP contribution in [0, 0.1) is 5.41 Å². The summed E-state index contributed by atoms with van der Waals surface area (Å²) >= 11 is 0. The van der Waals surface area contributed by atoms with Gasteiger partial charge in [-0.25, -0.2) is 0 Å². The highest BCUT2D eigenvalue weighted by Gasteiger charge is 2.30. The molecule has 0 bridgehead atoms. The predicted octanol–water partition coefficient (Wildman–Crippen LogP) is 1.73. The van der Waals surface area contributed by atoms with Crippen LogP contribution in [0.15, 0.2) is 0 Å². The second kappa shape index (κ2) is 7.25. The third-order valence-electron chi connectivity index (χ3n) is 3.91. The summed E-state index contributed by atoms with van der Waals surface area (Å²) in [5.74, 6) is 0. The fourth-order valence-electron chi connectivity index (χ4n) is 2.71. The van der Waals surface area contributed by atoms with Crippen molar-refractivity contribution in [2.45, 2.75) is 32.6 Å². The first-order valence-corrected chi connectivity index (χ1v) is 6.61. The molecule has 0 aromatic carbocycles. The van der Waals surface area contributed by atoms with Gasteiger partial charge in [-0.15, -0.1) is 0 Å². The van der Waals surface area contributed by atoms with Crippen molar-refractivity contribution in [1.82, 2.24) is 10.2 Å². The lowest BCUT2D eigenvalue weighted by molar-refractivity contribution is 0.112. The number of ether oxygens (including phenoxy) is 1. The van der Waals surface area contributed by atoms with Crippen LogP contribution in [0.3, 0.4) is 0 Å². The Bertz CT molecular complexity index is 179. The lowest BCUT2D eigenvalue weighted by Gasteiger charge is -2.40. The van der Waals surface area contributed by atoms with Crippen molar-refractivity contribution in [1.29, 1.82) is 0 Å². The first-order valence-electron chi connectivity index (χ1n) is 6.61. The highest BCUT2D eigenvalue weighted by molar-refractivity contribution is 4.85. The Kier molecular flexibility index (Phi) is 6.32. The maximum Gasteiger partial charge on any atom is 0.0474 e. The quantitative estimate of drug-likeness (QED) is 0.672. The van der Waals surface area contributed by atoms with Crippen LogP contribution in [0.2, 0.25) is 0 Å². The lowest BCUT2D eigenvalue weighted by atomic mass is 9.76. The second-order valence-electron chi connectivity index (χ2n) is 5.19. The minimum absolute atomic E-state index is 0.563. The van der Waals surface area contributed by atoms with Crippen LogP contribution >= 0.6 is 0 Å². The molecule has 0 aliphatic carbocycles.